The van der Waals surface area contributed by atoms with Gasteiger partial charge in [-0.15, -0.1) is 0 Å². The highest BCUT2D eigenvalue weighted by atomic mass is 31.3. The van der Waals surface area contributed by atoms with Gasteiger partial charge >= 0.3 is 23.5 Å². The molecule has 0 aromatic heterocycles. The molecule has 1 aromatic carbocycles. The molecule has 11 nitrogen and oxygen atoms in total. The highest BCUT2D eigenvalue weighted by Gasteiger charge is 2.41. The Balaban J connectivity index is 2.86. The van der Waals surface area contributed by atoms with Gasteiger partial charge in [0.05, 0.1) is 5.69 Å². The van der Waals surface area contributed by atoms with Crippen molar-refractivity contribution in [3.05, 3.63) is 24.3 Å². The van der Waals surface area contributed by atoms with Crippen LogP contribution in [0.15, 0.2) is 24.3 Å². The van der Waals surface area contributed by atoms with Gasteiger partial charge in [0.15, 0.2) is 5.75 Å². The summed E-state index contributed by atoms with van der Waals surface area (Å²) in [4.78, 5) is 34.8. The molecule has 0 heterocycles. The highest BCUT2D eigenvalue weighted by molar-refractivity contribution is 7.66. The van der Waals surface area contributed by atoms with Crippen LogP contribution in [0, 0.1) is 0 Å². The van der Waals surface area contributed by atoms with E-state index in [0.717, 1.165) is 6.07 Å². The number of nitrogen functional groups attached to an aromatic ring is 1. The summed E-state index contributed by atoms with van der Waals surface area (Å²) in [6.07, 6.45) is 0. The third kappa shape index (κ3) is 6.15. The van der Waals surface area contributed by atoms with E-state index in [9.17, 15) is 18.6 Å². The van der Waals surface area contributed by atoms with Gasteiger partial charge in [-0.2, -0.15) is 8.62 Å². The SMILES string of the molecule is Nc1ccccc1OP(=O)(O)OP(=O)(O)OP(=O)(O)O. The summed E-state index contributed by atoms with van der Waals surface area (Å²) >= 11 is 0. The van der Waals surface area contributed by atoms with E-state index in [1.54, 1.807) is 0 Å². The smallest absolute Gasteiger partial charge is 0.402 e. The summed E-state index contributed by atoms with van der Waals surface area (Å²) in [6.45, 7) is 0. The number of benzene rings is 1. The molecule has 2 atom stereocenters. The molecule has 1 aromatic rings. The van der Waals surface area contributed by atoms with Gasteiger partial charge in [-0.05, 0) is 12.1 Å². The molecule has 114 valence electrons. The zero-order valence-corrected chi connectivity index (χ0v) is 12.2. The van der Waals surface area contributed by atoms with Crippen molar-refractivity contribution in [2.75, 3.05) is 5.73 Å². The van der Waals surface area contributed by atoms with Crippen molar-refractivity contribution in [2.24, 2.45) is 0 Å². The van der Waals surface area contributed by atoms with Crippen LogP contribution in [0.25, 0.3) is 0 Å². The number of hydrogen-bond donors (Lipinski definition) is 5. The van der Waals surface area contributed by atoms with Crippen molar-refractivity contribution in [1.82, 2.24) is 0 Å². The average molecular weight is 349 g/mol. The van der Waals surface area contributed by atoms with E-state index < -0.39 is 23.5 Å². The number of phosphoric ester groups is 1. The molecule has 14 heteroatoms. The number of anilines is 1. The van der Waals surface area contributed by atoms with Crippen LogP contribution in [0.4, 0.5) is 5.69 Å². The van der Waals surface area contributed by atoms with Crippen molar-refractivity contribution in [1.29, 1.82) is 0 Å². The monoisotopic (exact) mass is 349 g/mol. The standard InChI is InChI=1S/C6H10NO10P3/c7-5-3-1-2-4-6(5)15-19(11,12)17-20(13,14)16-18(8,9)10/h1-4H,7H2,(H,11,12)(H,13,14)(H2,8,9,10). The minimum atomic E-state index is -5.53. The minimum absolute atomic E-state index is 0.0750. The summed E-state index contributed by atoms with van der Waals surface area (Å²) in [5.41, 5.74) is 5.32. The molecule has 0 amide bonds. The molecule has 0 saturated heterocycles. The molecule has 1 rings (SSSR count). The van der Waals surface area contributed by atoms with Gasteiger partial charge in [-0.25, -0.2) is 13.7 Å². The summed E-state index contributed by atoms with van der Waals surface area (Å²) < 4.78 is 44.3. The van der Waals surface area contributed by atoms with Crippen LogP contribution in [0.1, 0.15) is 0 Å². The first-order valence-corrected chi connectivity index (χ1v) is 9.10. The van der Waals surface area contributed by atoms with Gasteiger partial charge in [0.1, 0.15) is 0 Å². The van der Waals surface area contributed by atoms with E-state index >= 15 is 0 Å². The summed E-state index contributed by atoms with van der Waals surface area (Å²) in [7, 11) is -16.2. The van der Waals surface area contributed by atoms with Crippen molar-refractivity contribution < 1.29 is 46.4 Å². The number of para-hydroxylation sites is 2. The molecule has 0 spiro atoms. The normalized spacial score (nSPS) is 18.0. The van der Waals surface area contributed by atoms with Crippen LogP contribution in [-0.4, -0.2) is 19.6 Å². The molecule has 0 saturated carbocycles. The fourth-order valence-electron chi connectivity index (χ4n) is 0.984. The Kier molecular flexibility index (Phi) is 5.15. The topological polar surface area (TPSA) is 186 Å². The summed E-state index contributed by atoms with van der Waals surface area (Å²) in [5, 5.41) is 0. The lowest BCUT2D eigenvalue weighted by molar-refractivity contribution is 0.207. The highest BCUT2D eigenvalue weighted by Crippen LogP contribution is 2.66. The molecule has 0 aliphatic heterocycles. The van der Waals surface area contributed by atoms with E-state index in [-0.39, 0.29) is 11.4 Å². The third-order valence-corrected chi connectivity index (χ3v) is 5.30. The maximum atomic E-state index is 11.4. The van der Waals surface area contributed by atoms with Crippen LogP contribution < -0.4 is 10.3 Å². The summed E-state index contributed by atoms with van der Waals surface area (Å²) in [5.74, 6) is -0.338. The van der Waals surface area contributed by atoms with Crippen LogP contribution in [-0.2, 0) is 22.3 Å². The largest absolute Gasteiger partial charge is 0.536 e. The Morgan fingerprint density at radius 2 is 1.45 bits per heavy atom. The minimum Gasteiger partial charge on any atom is -0.402 e. The quantitative estimate of drug-likeness (QED) is 0.364. The van der Waals surface area contributed by atoms with Crippen molar-refractivity contribution in [2.45, 2.75) is 0 Å². The second-order valence-corrected chi connectivity index (χ2v) is 7.56. The molecule has 0 aliphatic rings. The first-order chi connectivity index (χ1) is 8.90. The Morgan fingerprint density at radius 3 is 1.95 bits per heavy atom. The molecular formula is C6H10NO10P3. The predicted molar refractivity (Wildman–Crippen MR) is 65.3 cm³/mol. The van der Waals surface area contributed by atoms with Gasteiger partial charge in [0.25, 0.3) is 0 Å². The Bertz CT molecular complexity index is 625. The average Bonchev–Trinajstić information content (AvgIpc) is 2.15. The van der Waals surface area contributed by atoms with E-state index in [4.69, 9.17) is 20.4 Å². The maximum Gasteiger partial charge on any atom is 0.536 e. The molecule has 0 aliphatic carbocycles. The fraction of sp³-hybridized carbons (Fsp3) is 0. The maximum absolute atomic E-state index is 11.4. The Hall–Kier alpha value is -0.730. The fourth-order valence-corrected chi connectivity index (χ4v) is 4.04. The Morgan fingerprint density at radius 1 is 0.900 bits per heavy atom. The lowest BCUT2D eigenvalue weighted by Gasteiger charge is -2.17. The zero-order valence-electron chi connectivity index (χ0n) is 9.47. The molecule has 6 N–H and O–H groups in total. The number of hydrogen-bond acceptors (Lipinski definition) is 7. The van der Waals surface area contributed by atoms with Gasteiger partial charge in [0.2, 0.25) is 0 Å². The lowest BCUT2D eigenvalue weighted by Crippen LogP contribution is -2.00. The van der Waals surface area contributed by atoms with Crippen LogP contribution in [0.5, 0.6) is 5.75 Å². The molecular weight excluding hydrogens is 339 g/mol. The van der Waals surface area contributed by atoms with Crippen molar-refractivity contribution in [3.8, 4) is 5.75 Å². The number of rotatable bonds is 6. The summed E-state index contributed by atoms with van der Waals surface area (Å²) in [6, 6.07) is 5.34. The van der Waals surface area contributed by atoms with E-state index in [1.807, 2.05) is 0 Å². The van der Waals surface area contributed by atoms with Crippen LogP contribution >= 0.6 is 23.5 Å². The number of nitrogens with two attached hydrogens (primary N) is 1. The molecule has 0 fully saturated rings. The van der Waals surface area contributed by atoms with Crippen molar-refractivity contribution >= 4 is 29.2 Å². The predicted octanol–water partition coefficient (Wildman–Crippen LogP) is 0.974. The van der Waals surface area contributed by atoms with Gasteiger partial charge in [-0.1, -0.05) is 12.1 Å². The third-order valence-electron chi connectivity index (χ3n) is 1.55. The van der Waals surface area contributed by atoms with Gasteiger partial charge < -0.3 is 24.9 Å². The van der Waals surface area contributed by atoms with E-state index in [1.165, 1.54) is 18.2 Å². The first-order valence-electron chi connectivity index (χ1n) is 4.58. The lowest BCUT2D eigenvalue weighted by atomic mass is 10.3. The van der Waals surface area contributed by atoms with Gasteiger partial charge in [0, 0.05) is 0 Å². The Labute approximate surface area is 112 Å². The molecule has 0 radical (unpaired) electrons. The molecule has 20 heavy (non-hydrogen) atoms. The zero-order chi connectivity index (χ0) is 15.6. The van der Waals surface area contributed by atoms with E-state index in [2.05, 4.69) is 13.1 Å². The van der Waals surface area contributed by atoms with Crippen molar-refractivity contribution in [3.63, 3.8) is 0 Å². The first kappa shape index (κ1) is 17.3. The van der Waals surface area contributed by atoms with Gasteiger partial charge in [-0.3, -0.25) is 4.89 Å². The molecule has 2 unspecified atom stereocenters. The number of phosphoric acid groups is 3. The second kappa shape index (κ2) is 5.95. The molecule has 0 bridgehead atoms. The van der Waals surface area contributed by atoms with Crippen LogP contribution in [0.2, 0.25) is 0 Å². The van der Waals surface area contributed by atoms with Crippen LogP contribution in [0.3, 0.4) is 0 Å². The second-order valence-electron chi connectivity index (χ2n) is 3.22. The van der Waals surface area contributed by atoms with E-state index in [0.29, 0.717) is 0 Å².